The van der Waals surface area contributed by atoms with E-state index in [-0.39, 0.29) is 17.9 Å². The van der Waals surface area contributed by atoms with Gasteiger partial charge in [-0.15, -0.1) is 0 Å². The Morgan fingerprint density at radius 1 is 1.50 bits per heavy atom. The first-order valence-corrected chi connectivity index (χ1v) is 8.00. The Hall–Kier alpha value is -1.40. The van der Waals surface area contributed by atoms with Crippen LogP contribution >= 0.6 is 23.6 Å². The van der Waals surface area contributed by atoms with Gasteiger partial charge in [-0.25, -0.2) is 0 Å². The van der Waals surface area contributed by atoms with Crippen molar-refractivity contribution in [3.63, 3.8) is 0 Å². The predicted molar refractivity (Wildman–Crippen MR) is 86.5 cm³/mol. The van der Waals surface area contributed by atoms with E-state index in [2.05, 4.69) is 17.2 Å². The van der Waals surface area contributed by atoms with Gasteiger partial charge in [-0.2, -0.15) is 11.3 Å². The summed E-state index contributed by atoms with van der Waals surface area (Å²) in [6.07, 6.45) is 0. The lowest BCUT2D eigenvalue weighted by Crippen LogP contribution is -2.53. The van der Waals surface area contributed by atoms with E-state index in [1.807, 2.05) is 35.6 Å². The average molecular weight is 309 g/mol. The van der Waals surface area contributed by atoms with E-state index in [9.17, 15) is 4.79 Å². The van der Waals surface area contributed by atoms with Gasteiger partial charge < -0.3 is 15.5 Å². The van der Waals surface area contributed by atoms with E-state index in [0.717, 1.165) is 5.56 Å². The third kappa shape index (κ3) is 2.86. The number of rotatable bonds is 4. The first kappa shape index (κ1) is 15.0. The Bertz CT molecular complexity index is 508. The van der Waals surface area contributed by atoms with Gasteiger partial charge in [0.05, 0.1) is 6.04 Å². The molecule has 1 fully saturated rings. The fourth-order valence-corrected chi connectivity index (χ4v) is 3.39. The van der Waals surface area contributed by atoms with Crippen LogP contribution in [0.5, 0.6) is 0 Å². The van der Waals surface area contributed by atoms with E-state index >= 15 is 0 Å². The summed E-state index contributed by atoms with van der Waals surface area (Å²) in [5.74, 6) is -0.255. The van der Waals surface area contributed by atoms with Gasteiger partial charge in [0.2, 0.25) is 5.91 Å². The number of carbonyl (C=O) groups excluding carboxylic acids is 1. The molecule has 0 aromatic carbocycles. The third-order valence-corrected chi connectivity index (χ3v) is 4.43. The van der Waals surface area contributed by atoms with Gasteiger partial charge in [-0.3, -0.25) is 4.79 Å². The van der Waals surface area contributed by atoms with Crippen LogP contribution in [0.1, 0.15) is 25.5 Å². The second-order valence-electron chi connectivity index (χ2n) is 4.65. The highest BCUT2D eigenvalue weighted by atomic mass is 32.1. The van der Waals surface area contributed by atoms with Crippen molar-refractivity contribution < 1.29 is 4.79 Å². The van der Waals surface area contributed by atoms with Crippen molar-refractivity contribution in [3.05, 3.63) is 34.7 Å². The maximum Gasteiger partial charge on any atom is 0.234 e. The zero-order valence-electron chi connectivity index (χ0n) is 11.7. The minimum Gasteiger partial charge on any atom is -0.354 e. The van der Waals surface area contributed by atoms with E-state index in [0.29, 0.717) is 23.9 Å². The molecule has 2 heterocycles. The molecule has 1 saturated heterocycles. The summed E-state index contributed by atoms with van der Waals surface area (Å²) >= 11 is 6.80. The summed E-state index contributed by atoms with van der Waals surface area (Å²) in [4.78, 5) is 14.6. The number of thiocarbonyl (C=S) groups is 1. The average Bonchev–Trinajstić information content (AvgIpc) is 2.92. The lowest BCUT2D eigenvalue weighted by molar-refractivity contribution is -0.135. The Labute approximate surface area is 128 Å². The smallest absolute Gasteiger partial charge is 0.234 e. The number of nitrogens with zero attached hydrogens (tertiary/aromatic N) is 1. The fourth-order valence-electron chi connectivity index (χ4n) is 2.44. The van der Waals surface area contributed by atoms with Gasteiger partial charge in [0.25, 0.3) is 0 Å². The van der Waals surface area contributed by atoms with E-state index in [1.54, 1.807) is 11.3 Å². The summed E-state index contributed by atoms with van der Waals surface area (Å²) in [5, 5.41) is 10.8. The largest absolute Gasteiger partial charge is 0.354 e. The first-order chi connectivity index (χ1) is 9.58. The molecule has 1 aromatic rings. The number of hydrogen-bond acceptors (Lipinski definition) is 3. The molecule has 1 amide bonds. The lowest BCUT2D eigenvalue weighted by Gasteiger charge is -2.37. The molecule has 0 bridgehead atoms. The van der Waals surface area contributed by atoms with Crippen molar-refractivity contribution in [2.45, 2.75) is 19.9 Å². The van der Waals surface area contributed by atoms with Crippen LogP contribution < -0.4 is 10.6 Å². The summed E-state index contributed by atoms with van der Waals surface area (Å²) < 4.78 is 0. The van der Waals surface area contributed by atoms with Crippen molar-refractivity contribution >= 4 is 34.6 Å². The molecule has 20 heavy (non-hydrogen) atoms. The second kappa shape index (κ2) is 6.37. The van der Waals surface area contributed by atoms with Crippen molar-refractivity contribution in [2.75, 3.05) is 13.1 Å². The highest BCUT2D eigenvalue weighted by Crippen LogP contribution is 2.31. The van der Waals surface area contributed by atoms with Crippen molar-refractivity contribution in [1.29, 1.82) is 0 Å². The molecule has 0 spiro atoms. The standard InChI is InChI=1S/C14H19N3OS2/c1-4-17(5-2)13(18)11-9(3)15-14(19)16-12(11)10-6-7-20-8-10/h6-8,11-12H,3-5H2,1-2H3,(H2,15,16,19)/t11-,12-/m0/s1. The van der Waals surface area contributed by atoms with Crippen LogP contribution in [0.2, 0.25) is 0 Å². The lowest BCUT2D eigenvalue weighted by atomic mass is 9.89. The maximum absolute atomic E-state index is 12.7. The second-order valence-corrected chi connectivity index (χ2v) is 5.83. The molecule has 1 aliphatic heterocycles. The van der Waals surface area contributed by atoms with Crippen molar-refractivity contribution in [3.8, 4) is 0 Å². The molecule has 0 aliphatic carbocycles. The van der Waals surface area contributed by atoms with Crippen LogP contribution in [0.15, 0.2) is 29.1 Å². The van der Waals surface area contributed by atoms with Crippen LogP contribution in [-0.2, 0) is 4.79 Å². The molecule has 2 atom stereocenters. The van der Waals surface area contributed by atoms with E-state index < -0.39 is 0 Å². The SMILES string of the molecule is C=C1NC(=S)N[C@@H](c2ccsc2)[C@H]1C(=O)N(CC)CC. The molecule has 1 aliphatic rings. The van der Waals surface area contributed by atoms with Gasteiger partial charge >= 0.3 is 0 Å². The topological polar surface area (TPSA) is 44.4 Å². The number of hydrogen-bond donors (Lipinski definition) is 2. The Morgan fingerprint density at radius 2 is 2.20 bits per heavy atom. The summed E-state index contributed by atoms with van der Waals surface area (Å²) in [7, 11) is 0. The highest BCUT2D eigenvalue weighted by Gasteiger charge is 2.38. The highest BCUT2D eigenvalue weighted by molar-refractivity contribution is 7.80. The van der Waals surface area contributed by atoms with Gasteiger partial charge in [-0.1, -0.05) is 6.58 Å². The molecular weight excluding hydrogens is 290 g/mol. The van der Waals surface area contributed by atoms with Gasteiger partial charge in [0.1, 0.15) is 5.92 Å². The van der Waals surface area contributed by atoms with Crippen LogP contribution in [0, 0.1) is 5.92 Å². The number of thiophene rings is 1. The van der Waals surface area contributed by atoms with Gasteiger partial charge in [0.15, 0.2) is 5.11 Å². The summed E-state index contributed by atoms with van der Waals surface area (Å²) in [6, 6.07) is 1.88. The van der Waals surface area contributed by atoms with Crippen LogP contribution in [-0.4, -0.2) is 29.0 Å². The minimum atomic E-state index is -0.337. The predicted octanol–water partition coefficient (Wildman–Crippen LogP) is 2.27. The molecule has 1 aromatic heterocycles. The fraction of sp³-hybridized carbons (Fsp3) is 0.429. The number of amides is 1. The van der Waals surface area contributed by atoms with Gasteiger partial charge in [0, 0.05) is 18.8 Å². The third-order valence-electron chi connectivity index (χ3n) is 3.51. The van der Waals surface area contributed by atoms with Crippen molar-refractivity contribution in [2.24, 2.45) is 5.92 Å². The number of carbonyl (C=O) groups is 1. The first-order valence-electron chi connectivity index (χ1n) is 6.65. The minimum absolute atomic E-state index is 0.0821. The Kier molecular flexibility index (Phi) is 4.77. The molecule has 108 valence electrons. The van der Waals surface area contributed by atoms with Crippen LogP contribution in [0.4, 0.5) is 0 Å². The Balaban J connectivity index is 2.32. The Morgan fingerprint density at radius 3 is 2.75 bits per heavy atom. The molecule has 0 unspecified atom stereocenters. The normalized spacial score (nSPS) is 22.1. The summed E-state index contributed by atoms with van der Waals surface area (Å²) in [6.45, 7) is 9.35. The van der Waals surface area contributed by atoms with Crippen LogP contribution in [0.25, 0.3) is 0 Å². The summed E-state index contributed by atoms with van der Waals surface area (Å²) in [5.41, 5.74) is 1.74. The maximum atomic E-state index is 12.7. The zero-order chi connectivity index (χ0) is 14.7. The molecule has 0 saturated carbocycles. The number of nitrogens with one attached hydrogen (secondary N) is 2. The zero-order valence-corrected chi connectivity index (χ0v) is 13.3. The molecule has 0 radical (unpaired) electrons. The molecule has 2 N–H and O–H groups in total. The van der Waals surface area contributed by atoms with Gasteiger partial charge in [-0.05, 0) is 48.5 Å². The molecule has 6 heteroatoms. The van der Waals surface area contributed by atoms with E-state index in [1.165, 1.54) is 0 Å². The van der Waals surface area contributed by atoms with Crippen molar-refractivity contribution in [1.82, 2.24) is 15.5 Å². The molecule has 4 nitrogen and oxygen atoms in total. The van der Waals surface area contributed by atoms with Crippen LogP contribution in [0.3, 0.4) is 0 Å². The molecular formula is C14H19N3OS2. The van der Waals surface area contributed by atoms with E-state index in [4.69, 9.17) is 12.2 Å². The molecule has 2 rings (SSSR count). The quantitative estimate of drug-likeness (QED) is 0.838. The monoisotopic (exact) mass is 309 g/mol.